The predicted molar refractivity (Wildman–Crippen MR) is 67.3 cm³/mol. The van der Waals surface area contributed by atoms with Crippen LogP contribution in [0.2, 0.25) is 0 Å². The first-order valence-electron chi connectivity index (χ1n) is 5.81. The van der Waals surface area contributed by atoms with E-state index in [9.17, 15) is 9.59 Å². The van der Waals surface area contributed by atoms with E-state index in [0.29, 0.717) is 23.6 Å². The Kier molecular flexibility index (Phi) is 3.70. The van der Waals surface area contributed by atoms with Crippen molar-refractivity contribution in [1.82, 2.24) is 14.8 Å². The molecule has 0 bridgehead atoms. The van der Waals surface area contributed by atoms with Crippen molar-refractivity contribution < 1.29 is 14.3 Å². The third-order valence-electron chi connectivity index (χ3n) is 2.47. The fourth-order valence-corrected chi connectivity index (χ4v) is 1.51. The maximum atomic E-state index is 11.5. The van der Waals surface area contributed by atoms with Gasteiger partial charge in [-0.25, -0.2) is 9.48 Å². The maximum absolute atomic E-state index is 11.5. The molecule has 0 aromatic carbocycles. The molecule has 6 nitrogen and oxygen atoms in total. The quantitative estimate of drug-likeness (QED) is 0.616. The normalized spacial score (nSPS) is 10.2. The van der Waals surface area contributed by atoms with Crippen molar-refractivity contribution in [2.24, 2.45) is 0 Å². The second kappa shape index (κ2) is 5.43. The van der Waals surface area contributed by atoms with Crippen molar-refractivity contribution in [3.05, 3.63) is 42.0 Å². The number of Topliss-reactive ketones (excluding diaryl/α,β-unsaturated/α-hetero) is 1. The Labute approximate surface area is 110 Å². The lowest BCUT2D eigenvalue weighted by Crippen LogP contribution is -2.03. The number of carbonyl (C=O) groups excluding carboxylic acids is 2. The average Bonchev–Trinajstić information content (AvgIpc) is 2.89. The molecule has 2 aromatic rings. The third kappa shape index (κ3) is 2.85. The van der Waals surface area contributed by atoms with Gasteiger partial charge in [-0.3, -0.25) is 9.78 Å². The second-order valence-electron chi connectivity index (χ2n) is 3.85. The highest BCUT2D eigenvalue weighted by molar-refractivity contribution is 5.92. The molecule has 0 amide bonds. The highest BCUT2D eigenvalue weighted by Gasteiger charge is 2.10. The lowest BCUT2D eigenvalue weighted by Gasteiger charge is -2.01. The molecule has 0 saturated heterocycles. The van der Waals surface area contributed by atoms with Crippen LogP contribution in [-0.4, -0.2) is 33.1 Å². The zero-order valence-electron chi connectivity index (χ0n) is 10.7. The van der Waals surface area contributed by atoms with Gasteiger partial charge in [0.2, 0.25) is 0 Å². The van der Waals surface area contributed by atoms with Gasteiger partial charge in [0.25, 0.3) is 0 Å². The number of esters is 1. The monoisotopic (exact) mass is 259 g/mol. The molecule has 0 N–H and O–H groups in total. The summed E-state index contributed by atoms with van der Waals surface area (Å²) in [5.74, 6) is -0.513. The van der Waals surface area contributed by atoms with E-state index in [1.54, 1.807) is 25.3 Å². The minimum atomic E-state index is -0.415. The van der Waals surface area contributed by atoms with Gasteiger partial charge in [-0.1, -0.05) is 0 Å². The summed E-state index contributed by atoms with van der Waals surface area (Å²) in [5.41, 5.74) is 1.43. The molecular weight excluding hydrogens is 246 g/mol. The first-order valence-corrected chi connectivity index (χ1v) is 5.81. The smallest absolute Gasteiger partial charge is 0.341 e. The molecular formula is C13H13N3O3. The van der Waals surface area contributed by atoms with E-state index in [1.165, 1.54) is 24.0 Å². The average molecular weight is 259 g/mol. The highest BCUT2D eigenvalue weighted by Crippen LogP contribution is 2.09. The molecule has 0 spiro atoms. The number of rotatable bonds is 4. The number of pyridine rings is 1. The van der Waals surface area contributed by atoms with Crippen molar-refractivity contribution in [3.63, 3.8) is 0 Å². The largest absolute Gasteiger partial charge is 0.462 e. The van der Waals surface area contributed by atoms with Gasteiger partial charge < -0.3 is 4.74 Å². The molecule has 6 heteroatoms. The topological polar surface area (TPSA) is 74.1 Å². The Morgan fingerprint density at radius 3 is 2.68 bits per heavy atom. The number of hydrogen-bond donors (Lipinski definition) is 0. The molecule has 0 aliphatic carbocycles. The molecule has 0 atom stereocenters. The second-order valence-corrected chi connectivity index (χ2v) is 3.85. The molecule has 2 heterocycles. The van der Waals surface area contributed by atoms with Crippen LogP contribution in [0, 0.1) is 0 Å². The molecule has 0 unspecified atom stereocenters. The van der Waals surface area contributed by atoms with Crippen LogP contribution in [0.3, 0.4) is 0 Å². The zero-order chi connectivity index (χ0) is 13.8. The van der Waals surface area contributed by atoms with E-state index < -0.39 is 5.97 Å². The van der Waals surface area contributed by atoms with Gasteiger partial charge in [0.15, 0.2) is 5.78 Å². The lowest BCUT2D eigenvalue weighted by atomic mass is 10.2. The van der Waals surface area contributed by atoms with Gasteiger partial charge in [-0.2, -0.15) is 5.10 Å². The van der Waals surface area contributed by atoms with E-state index in [4.69, 9.17) is 4.74 Å². The summed E-state index contributed by atoms with van der Waals surface area (Å²) in [6.45, 7) is 3.51. The molecule has 98 valence electrons. The van der Waals surface area contributed by atoms with Crippen LogP contribution < -0.4 is 0 Å². The third-order valence-corrected chi connectivity index (χ3v) is 2.47. The maximum Gasteiger partial charge on any atom is 0.341 e. The number of ether oxygens (including phenoxy) is 1. The van der Waals surface area contributed by atoms with Gasteiger partial charge in [0.1, 0.15) is 5.69 Å². The molecule has 2 rings (SSSR count). The standard InChI is InChI=1S/C13H13N3O3/c1-3-19-13(18)10-6-15-16(8-10)11-4-5-12(9(2)17)14-7-11/h4-8H,3H2,1-2H3. The van der Waals surface area contributed by atoms with Gasteiger partial charge in [0.05, 0.1) is 30.3 Å². The van der Waals surface area contributed by atoms with E-state index in [1.807, 2.05) is 0 Å². The summed E-state index contributed by atoms with van der Waals surface area (Å²) >= 11 is 0. The number of hydrogen-bond acceptors (Lipinski definition) is 5. The van der Waals surface area contributed by atoms with Gasteiger partial charge in [0, 0.05) is 13.1 Å². The van der Waals surface area contributed by atoms with Crippen LogP contribution >= 0.6 is 0 Å². The van der Waals surface area contributed by atoms with Crippen LogP contribution in [0.25, 0.3) is 5.69 Å². The van der Waals surface area contributed by atoms with Crippen molar-refractivity contribution >= 4 is 11.8 Å². The molecule has 0 aliphatic rings. The van der Waals surface area contributed by atoms with E-state index in [-0.39, 0.29) is 5.78 Å². The predicted octanol–water partition coefficient (Wildman–Crippen LogP) is 1.65. The Morgan fingerprint density at radius 2 is 2.11 bits per heavy atom. The van der Waals surface area contributed by atoms with Crippen molar-refractivity contribution in [2.75, 3.05) is 6.61 Å². The minimum absolute atomic E-state index is 0.0979. The SMILES string of the molecule is CCOC(=O)c1cnn(-c2ccc(C(C)=O)nc2)c1. The summed E-state index contributed by atoms with van der Waals surface area (Å²) < 4.78 is 6.38. The first kappa shape index (κ1) is 12.9. The number of aromatic nitrogens is 3. The van der Waals surface area contributed by atoms with E-state index in [2.05, 4.69) is 10.1 Å². The Morgan fingerprint density at radius 1 is 1.32 bits per heavy atom. The van der Waals surface area contributed by atoms with Crippen LogP contribution in [0.5, 0.6) is 0 Å². The van der Waals surface area contributed by atoms with Crippen molar-refractivity contribution in [1.29, 1.82) is 0 Å². The van der Waals surface area contributed by atoms with Gasteiger partial charge in [-0.15, -0.1) is 0 Å². The molecule has 0 saturated carbocycles. The number of ketones is 1. The number of nitrogens with zero attached hydrogens (tertiary/aromatic N) is 3. The lowest BCUT2D eigenvalue weighted by molar-refractivity contribution is 0.0526. The number of carbonyl (C=O) groups is 2. The van der Waals surface area contributed by atoms with Gasteiger partial charge >= 0.3 is 5.97 Å². The van der Waals surface area contributed by atoms with Crippen LogP contribution in [0.1, 0.15) is 34.7 Å². The zero-order valence-corrected chi connectivity index (χ0v) is 10.7. The van der Waals surface area contributed by atoms with E-state index >= 15 is 0 Å². The minimum Gasteiger partial charge on any atom is -0.462 e. The Hall–Kier alpha value is -2.50. The summed E-state index contributed by atoms with van der Waals surface area (Å²) in [5, 5.41) is 4.06. The Bertz CT molecular complexity index is 602. The van der Waals surface area contributed by atoms with Gasteiger partial charge in [-0.05, 0) is 19.1 Å². The van der Waals surface area contributed by atoms with Crippen LogP contribution in [0.4, 0.5) is 0 Å². The highest BCUT2D eigenvalue weighted by atomic mass is 16.5. The van der Waals surface area contributed by atoms with E-state index in [0.717, 1.165) is 0 Å². The fraction of sp³-hybridized carbons (Fsp3) is 0.231. The van der Waals surface area contributed by atoms with Crippen LogP contribution in [0.15, 0.2) is 30.7 Å². The fourth-order valence-electron chi connectivity index (χ4n) is 1.51. The summed E-state index contributed by atoms with van der Waals surface area (Å²) in [4.78, 5) is 26.6. The van der Waals surface area contributed by atoms with Crippen molar-refractivity contribution in [2.45, 2.75) is 13.8 Å². The first-order chi connectivity index (χ1) is 9.11. The summed E-state index contributed by atoms with van der Waals surface area (Å²) in [6, 6.07) is 3.33. The van der Waals surface area contributed by atoms with Crippen molar-refractivity contribution in [3.8, 4) is 5.69 Å². The molecule has 2 aromatic heterocycles. The van der Waals surface area contributed by atoms with Crippen LogP contribution in [-0.2, 0) is 4.74 Å². The molecule has 0 fully saturated rings. The molecule has 0 radical (unpaired) electrons. The molecule has 0 aliphatic heterocycles. The summed E-state index contributed by atoms with van der Waals surface area (Å²) in [7, 11) is 0. The molecule has 19 heavy (non-hydrogen) atoms. The Balaban J connectivity index is 2.23. The summed E-state index contributed by atoms with van der Waals surface area (Å²) in [6.07, 6.45) is 4.51.